The van der Waals surface area contributed by atoms with Crippen LogP contribution in [-0.4, -0.2) is 18.8 Å². The molecule has 3 nitrogen and oxygen atoms in total. The van der Waals surface area contributed by atoms with Gasteiger partial charge in [0.25, 0.3) is 0 Å². The largest absolute Gasteiger partial charge is 0.487 e. The van der Waals surface area contributed by atoms with Crippen molar-refractivity contribution in [1.82, 2.24) is 0 Å². The van der Waals surface area contributed by atoms with Crippen LogP contribution in [0.4, 0.5) is 4.39 Å². The highest BCUT2D eigenvalue weighted by Gasteiger charge is 2.40. The van der Waals surface area contributed by atoms with Crippen LogP contribution in [-0.2, 0) is 4.74 Å². The van der Waals surface area contributed by atoms with Gasteiger partial charge in [-0.25, -0.2) is 4.39 Å². The Morgan fingerprint density at radius 2 is 2.17 bits per heavy atom. The third-order valence-electron chi connectivity index (χ3n) is 3.92. The molecule has 1 aromatic carbocycles. The molecule has 2 aliphatic heterocycles. The molecule has 1 aromatic rings. The van der Waals surface area contributed by atoms with Crippen molar-refractivity contribution in [2.75, 3.05) is 13.2 Å². The van der Waals surface area contributed by atoms with Gasteiger partial charge < -0.3 is 15.2 Å². The van der Waals surface area contributed by atoms with Gasteiger partial charge in [0, 0.05) is 37.1 Å². The first-order valence-electron chi connectivity index (χ1n) is 6.50. The zero-order chi connectivity index (χ0) is 12.6. The van der Waals surface area contributed by atoms with E-state index in [2.05, 4.69) is 0 Å². The standard InChI is InChI=1S/C14H18FNO2/c15-10-2-3-11-12(16)9-14(18-13(11)8-10)4-1-6-17-7-5-14/h2-3,8,12H,1,4-7,9,16H2/t12-,14?/m0/s1. The van der Waals surface area contributed by atoms with Gasteiger partial charge >= 0.3 is 0 Å². The van der Waals surface area contributed by atoms with Crippen LogP contribution in [0.5, 0.6) is 5.75 Å². The predicted octanol–water partition coefficient (Wildman–Crippen LogP) is 2.55. The van der Waals surface area contributed by atoms with Gasteiger partial charge in [-0.3, -0.25) is 0 Å². The summed E-state index contributed by atoms with van der Waals surface area (Å²) in [6, 6.07) is 4.54. The van der Waals surface area contributed by atoms with E-state index in [9.17, 15) is 4.39 Å². The van der Waals surface area contributed by atoms with Crippen molar-refractivity contribution in [3.8, 4) is 5.75 Å². The Morgan fingerprint density at radius 3 is 3.06 bits per heavy atom. The van der Waals surface area contributed by atoms with Gasteiger partial charge in [0.2, 0.25) is 0 Å². The molecule has 2 heterocycles. The Hall–Kier alpha value is -1.13. The van der Waals surface area contributed by atoms with E-state index in [1.165, 1.54) is 12.1 Å². The van der Waals surface area contributed by atoms with Gasteiger partial charge in [-0.05, 0) is 18.9 Å². The Balaban J connectivity index is 1.93. The fourth-order valence-corrected chi connectivity index (χ4v) is 2.98. The van der Waals surface area contributed by atoms with Crippen LogP contribution >= 0.6 is 0 Å². The van der Waals surface area contributed by atoms with E-state index in [-0.39, 0.29) is 17.5 Å². The highest BCUT2D eigenvalue weighted by Crippen LogP contribution is 2.43. The highest BCUT2D eigenvalue weighted by molar-refractivity contribution is 5.39. The third kappa shape index (κ3) is 2.10. The molecule has 0 aromatic heterocycles. The van der Waals surface area contributed by atoms with Gasteiger partial charge in [-0.2, -0.15) is 0 Å². The van der Waals surface area contributed by atoms with E-state index < -0.39 is 0 Å². The number of benzene rings is 1. The van der Waals surface area contributed by atoms with Crippen LogP contribution in [0.1, 0.15) is 37.3 Å². The topological polar surface area (TPSA) is 44.5 Å². The number of rotatable bonds is 0. The molecule has 0 bridgehead atoms. The maximum atomic E-state index is 13.3. The molecule has 2 aliphatic rings. The van der Waals surface area contributed by atoms with Crippen LogP contribution in [0.2, 0.25) is 0 Å². The highest BCUT2D eigenvalue weighted by atomic mass is 19.1. The summed E-state index contributed by atoms with van der Waals surface area (Å²) < 4.78 is 24.9. The summed E-state index contributed by atoms with van der Waals surface area (Å²) >= 11 is 0. The van der Waals surface area contributed by atoms with Gasteiger partial charge in [-0.1, -0.05) is 6.07 Å². The molecule has 1 unspecified atom stereocenters. The molecule has 1 spiro atoms. The number of ether oxygens (including phenoxy) is 2. The molecule has 0 radical (unpaired) electrons. The molecular formula is C14H18FNO2. The lowest BCUT2D eigenvalue weighted by atomic mass is 9.83. The van der Waals surface area contributed by atoms with Crippen molar-refractivity contribution >= 4 is 0 Å². The molecule has 18 heavy (non-hydrogen) atoms. The lowest BCUT2D eigenvalue weighted by Gasteiger charge is -2.40. The molecule has 98 valence electrons. The molecule has 1 saturated heterocycles. The maximum Gasteiger partial charge on any atom is 0.127 e. The number of nitrogens with two attached hydrogens (primary N) is 1. The van der Waals surface area contributed by atoms with Gasteiger partial charge in [0.15, 0.2) is 0 Å². The number of hydrogen-bond donors (Lipinski definition) is 1. The Bertz CT molecular complexity index is 441. The molecule has 4 heteroatoms. The summed E-state index contributed by atoms with van der Waals surface area (Å²) in [4.78, 5) is 0. The smallest absolute Gasteiger partial charge is 0.127 e. The summed E-state index contributed by atoms with van der Waals surface area (Å²) in [7, 11) is 0. The van der Waals surface area contributed by atoms with E-state index in [4.69, 9.17) is 15.2 Å². The lowest BCUT2D eigenvalue weighted by molar-refractivity contribution is 0.0152. The van der Waals surface area contributed by atoms with E-state index in [0.29, 0.717) is 12.4 Å². The predicted molar refractivity (Wildman–Crippen MR) is 66.0 cm³/mol. The average Bonchev–Trinajstić information content (AvgIpc) is 2.54. The second-order valence-electron chi connectivity index (χ2n) is 5.24. The quantitative estimate of drug-likeness (QED) is 0.770. The minimum Gasteiger partial charge on any atom is -0.487 e. The first-order chi connectivity index (χ1) is 8.69. The Kier molecular flexibility index (Phi) is 2.99. The molecule has 0 amide bonds. The van der Waals surface area contributed by atoms with Crippen molar-refractivity contribution in [1.29, 1.82) is 0 Å². The fourth-order valence-electron chi connectivity index (χ4n) is 2.98. The number of halogens is 1. The van der Waals surface area contributed by atoms with Gasteiger partial charge in [-0.15, -0.1) is 0 Å². The maximum absolute atomic E-state index is 13.3. The second kappa shape index (κ2) is 4.52. The van der Waals surface area contributed by atoms with E-state index in [0.717, 1.165) is 37.9 Å². The van der Waals surface area contributed by atoms with E-state index >= 15 is 0 Å². The first-order valence-corrected chi connectivity index (χ1v) is 6.50. The molecule has 0 saturated carbocycles. The molecule has 0 aliphatic carbocycles. The van der Waals surface area contributed by atoms with Crippen LogP contribution in [0.3, 0.4) is 0 Å². The minimum absolute atomic E-state index is 0.0764. The van der Waals surface area contributed by atoms with E-state index in [1.807, 2.05) is 0 Å². The van der Waals surface area contributed by atoms with Crippen molar-refractivity contribution < 1.29 is 13.9 Å². The fraction of sp³-hybridized carbons (Fsp3) is 0.571. The Morgan fingerprint density at radius 1 is 1.28 bits per heavy atom. The van der Waals surface area contributed by atoms with Crippen molar-refractivity contribution in [2.24, 2.45) is 5.73 Å². The van der Waals surface area contributed by atoms with Crippen molar-refractivity contribution in [2.45, 2.75) is 37.3 Å². The zero-order valence-electron chi connectivity index (χ0n) is 10.3. The molecule has 2 atom stereocenters. The molecular weight excluding hydrogens is 233 g/mol. The number of hydrogen-bond acceptors (Lipinski definition) is 3. The summed E-state index contributed by atoms with van der Waals surface area (Å²) in [6.07, 6.45) is 3.51. The monoisotopic (exact) mass is 251 g/mol. The average molecular weight is 251 g/mol. The zero-order valence-corrected chi connectivity index (χ0v) is 10.3. The van der Waals surface area contributed by atoms with Gasteiger partial charge in [0.1, 0.15) is 17.2 Å². The summed E-state index contributed by atoms with van der Waals surface area (Å²) in [5.41, 5.74) is 6.85. The van der Waals surface area contributed by atoms with Gasteiger partial charge in [0.05, 0.1) is 6.61 Å². The summed E-state index contributed by atoms with van der Waals surface area (Å²) in [6.45, 7) is 1.47. The molecule has 1 fully saturated rings. The normalized spacial score (nSPS) is 31.6. The van der Waals surface area contributed by atoms with Crippen LogP contribution < -0.4 is 10.5 Å². The van der Waals surface area contributed by atoms with Crippen LogP contribution in [0.15, 0.2) is 18.2 Å². The SMILES string of the molecule is N[C@H]1CC2(CCCOCC2)Oc2cc(F)ccc21. The summed E-state index contributed by atoms with van der Waals surface area (Å²) in [5.74, 6) is 0.332. The second-order valence-corrected chi connectivity index (χ2v) is 5.24. The first kappa shape index (κ1) is 11.9. The van der Waals surface area contributed by atoms with Crippen LogP contribution in [0.25, 0.3) is 0 Å². The number of fused-ring (bicyclic) bond motifs is 1. The molecule has 2 N–H and O–H groups in total. The lowest BCUT2D eigenvalue weighted by Crippen LogP contribution is -2.43. The minimum atomic E-state index is -0.275. The molecule has 3 rings (SSSR count). The van der Waals surface area contributed by atoms with Crippen molar-refractivity contribution in [3.63, 3.8) is 0 Å². The Labute approximate surface area is 106 Å². The van der Waals surface area contributed by atoms with Crippen LogP contribution in [0, 0.1) is 5.82 Å². The van der Waals surface area contributed by atoms with Crippen molar-refractivity contribution in [3.05, 3.63) is 29.6 Å². The third-order valence-corrected chi connectivity index (χ3v) is 3.92. The summed E-state index contributed by atoms with van der Waals surface area (Å²) in [5, 5.41) is 0. The van der Waals surface area contributed by atoms with E-state index in [1.54, 1.807) is 6.07 Å².